The summed E-state index contributed by atoms with van der Waals surface area (Å²) >= 11 is 5.58. The Hall–Kier alpha value is -2.39. The van der Waals surface area contributed by atoms with E-state index in [0.717, 1.165) is 4.57 Å². The molecule has 1 N–H and O–H groups in total. The van der Waals surface area contributed by atoms with Crippen molar-refractivity contribution in [3.63, 3.8) is 0 Å². The molecule has 3 aromatic rings. The van der Waals surface area contributed by atoms with Crippen LogP contribution in [-0.2, 0) is 20.6 Å². The molecule has 3 aromatic heterocycles. The first kappa shape index (κ1) is 15.5. The standard InChI is InChI=1S/C13H14ClN5O4/c1-16-10-9(11(22)17(2)13(16)23)18-4-3-8(21)19(12(18)15-10)6-7(20)5-14/h3-4,7,20H,5-6H2,1-2H3. The molecule has 1 unspecified atom stereocenters. The lowest BCUT2D eigenvalue weighted by molar-refractivity contribution is 0.176. The maximum atomic E-state index is 12.4. The van der Waals surface area contributed by atoms with E-state index >= 15 is 0 Å². The van der Waals surface area contributed by atoms with Gasteiger partial charge in [-0.25, -0.2) is 4.79 Å². The molecule has 1 atom stereocenters. The molecular weight excluding hydrogens is 326 g/mol. The molecule has 10 heteroatoms. The zero-order valence-corrected chi connectivity index (χ0v) is 13.2. The molecular formula is C13H14ClN5O4. The highest BCUT2D eigenvalue weighted by Gasteiger charge is 2.18. The van der Waals surface area contributed by atoms with E-state index in [2.05, 4.69) is 4.98 Å². The number of hydrogen-bond donors (Lipinski definition) is 1. The number of rotatable bonds is 3. The molecule has 122 valence electrons. The van der Waals surface area contributed by atoms with Gasteiger partial charge in [-0.3, -0.25) is 27.7 Å². The van der Waals surface area contributed by atoms with E-state index in [1.165, 1.54) is 39.9 Å². The number of fused-ring (bicyclic) bond motifs is 3. The summed E-state index contributed by atoms with van der Waals surface area (Å²) in [5.41, 5.74) is -1.07. The number of nitrogens with zero attached hydrogens (tertiary/aromatic N) is 5. The van der Waals surface area contributed by atoms with Crippen LogP contribution in [0, 0.1) is 0 Å². The average molecular weight is 340 g/mol. The van der Waals surface area contributed by atoms with Crippen molar-refractivity contribution in [1.29, 1.82) is 0 Å². The lowest BCUT2D eigenvalue weighted by Crippen LogP contribution is -2.37. The quantitative estimate of drug-likeness (QED) is 0.594. The lowest BCUT2D eigenvalue weighted by Gasteiger charge is -2.10. The first-order valence-electron chi connectivity index (χ1n) is 6.78. The SMILES string of the molecule is Cn1c(=O)c2c(nc3n(CC(O)CCl)c(=O)ccn23)n(C)c1=O. The topological polar surface area (TPSA) is 104 Å². The Bertz CT molecular complexity index is 1090. The van der Waals surface area contributed by atoms with Crippen LogP contribution in [0.5, 0.6) is 0 Å². The van der Waals surface area contributed by atoms with E-state index in [0.29, 0.717) is 0 Å². The number of aliphatic hydroxyl groups excluding tert-OH is 1. The molecule has 3 rings (SSSR count). The van der Waals surface area contributed by atoms with Gasteiger partial charge in [0.05, 0.1) is 18.5 Å². The minimum Gasteiger partial charge on any atom is -0.390 e. The van der Waals surface area contributed by atoms with Gasteiger partial charge in [0.2, 0.25) is 5.78 Å². The van der Waals surface area contributed by atoms with E-state index < -0.39 is 22.9 Å². The summed E-state index contributed by atoms with van der Waals surface area (Å²) in [5.74, 6) is 0.114. The van der Waals surface area contributed by atoms with Gasteiger partial charge in [-0.1, -0.05) is 0 Å². The number of aromatic nitrogens is 5. The predicted octanol–water partition coefficient (Wildman–Crippen LogP) is -1.35. The molecule has 3 heterocycles. The average Bonchev–Trinajstić information content (AvgIpc) is 2.93. The van der Waals surface area contributed by atoms with E-state index in [1.54, 1.807) is 0 Å². The normalized spacial score (nSPS) is 13.0. The predicted molar refractivity (Wildman–Crippen MR) is 84.2 cm³/mol. The van der Waals surface area contributed by atoms with Crippen molar-refractivity contribution in [2.24, 2.45) is 14.1 Å². The second-order valence-electron chi connectivity index (χ2n) is 5.23. The van der Waals surface area contributed by atoms with E-state index in [9.17, 15) is 19.5 Å². The van der Waals surface area contributed by atoms with Gasteiger partial charge in [-0.15, -0.1) is 11.6 Å². The summed E-state index contributed by atoms with van der Waals surface area (Å²) in [5, 5.41) is 9.72. The smallest absolute Gasteiger partial charge is 0.332 e. The maximum absolute atomic E-state index is 12.4. The van der Waals surface area contributed by atoms with Crippen molar-refractivity contribution in [1.82, 2.24) is 23.1 Å². The van der Waals surface area contributed by atoms with Gasteiger partial charge in [-0.05, 0) is 0 Å². The Balaban J connectivity index is 2.50. The fraction of sp³-hybridized carbons (Fsp3) is 0.385. The third-order valence-electron chi connectivity index (χ3n) is 3.72. The summed E-state index contributed by atoms with van der Waals surface area (Å²) < 4.78 is 4.85. The summed E-state index contributed by atoms with van der Waals surface area (Å²) in [4.78, 5) is 40.7. The number of alkyl halides is 1. The van der Waals surface area contributed by atoms with Crippen LogP contribution in [0.15, 0.2) is 26.6 Å². The third-order valence-corrected chi connectivity index (χ3v) is 4.07. The molecule has 0 aliphatic rings. The van der Waals surface area contributed by atoms with Crippen molar-refractivity contribution in [3.05, 3.63) is 43.5 Å². The van der Waals surface area contributed by atoms with Gasteiger partial charge in [0, 0.05) is 26.4 Å². The van der Waals surface area contributed by atoms with Crippen LogP contribution >= 0.6 is 11.6 Å². The number of aryl methyl sites for hydroxylation is 1. The molecule has 9 nitrogen and oxygen atoms in total. The minimum atomic E-state index is -0.938. The van der Waals surface area contributed by atoms with Gasteiger partial charge < -0.3 is 5.11 Å². The zero-order chi connectivity index (χ0) is 16.9. The van der Waals surface area contributed by atoms with E-state index in [-0.39, 0.29) is 29.4 Å². The second kappa shape index (κ2) is 5.36. The molecule has 0 aliphatic carbocycles. The van der Waals surface area contributed by atoms with Crippen molar-refractivity contribution in [3.8, 4) is 0 Å². The van der Waals surface area contributed by atoms with Gasteiger partial charge in [0.15, 0.2) is 11.2 Å². The Morgan fingerprint density at radius 2 is 1.96 bits per heavy atom. The first-order valence-corrected chi connectivity index (χ1v) is 7.32. The van der Waals surface area contributed by atoms with Crippen LogP contribution in [-0.4, -0.2) is 40.2 Å². The molecule has 0 fully saturated rings. The van der Waals surface area contributed by atoms with Gasteiger partial charge >= 0.3 is 5.69 Å². The molecule has 0 saturated heterocycles. The Kier molecular flexibility index (Phi) is 3.61. The van der Waals surface area contributed by atoms with Gasteiger partial charge in [-0.2, -0.15) is 4.98 Å². The molecule has 0 amide bonds. The first-order chi connectivity index (χ1) is 10.9. The monoisotopic (exact) mass is 339 g/mol. The van der Waals surface area contributed by atoms with Gasteiger partial charge in [0.25, 0.3) is 11.1 Å². The zero-order valence-electron chi connectivity index (χ0n) is 12.4. The van der Waals surface area contributed by atoms with Crippen molar-refractivity contribution >= 4 is 28.5 Å². The summed E-state index contributed by atoms with van der Waals surface area (Å²) in [7, 11) is 2.86. The number of aliphatic hydroxyl groups is 1. The van der Waals surface area contributed by atoms with Crippen molar-refractivity contribution < 1.29 is 5.11 Å². The molecule has 23 heavy (non-hydrogen) atoms. The van der Waals surface area contributed by atoms with E-state index in [4.69, 9.17) is 11.6 Å². The lowest BCUT2D eigenvalue weighted by atomic mass is 10.4. The summed E-state index contributed by atoms with van der Waals surface area (Å²) in [6.45, 7) is -0.0652. The summed E-state index contributed by atoms with van der Waals surface area (Å²) in [6, 6.07) is 1.26. The van der Waals surface area contributed by atoms with Gasteiger partial charge in [0.1, 0.15) is 0 Å². The molecule has 0 aromatic carbocycles. The molecule has 0 aliphatic heterocycles. The molecule has 0 spiro atoms. The van der Waals surface area contributed by atoms with E-state index in [1.807, 2.05) is 0 Å². The second-order valence-corrected chi connectivity index (χ2v) is 5.54. The van der Waals surface area contributed by atoms with Crippen LogP contribution in [0.2, 0.25) is 0 Å². The molecule has 0 bridgehead atoms. The van der Waals surface area contributed by atoms with Crippen LogP contribution in [0.25, 0.3) is 16.9 Å². The Morgan fingerprint density at radius 1 is 1.26 bits per heavy atom. The van der Waals surface area contributed by atoms with Crippen molar-refractivity contribution in [2.45, 2.75) is 12.6 Å². The Labute approximate surface area is 133 Å². The summed E-state index contributed by atoms with van der Waals surface area (Å²) in [6.07, 6.45) is 0.481. The van der Waals surface area contributed by atoms with Crippen molar-refractivity contribution in [2.75, 3.05) is 5.88 Å². The van der Waals surface area contributed by atoms with Crippen LogP contribution in [0.1, 0.15) is 0 Å². The fourth-order valence-electron chi connectivity index (χ4n) is 2.49. The highest BCUT2D eigenvalue weighted by molar-refractivity contribution is 6.18. The van der Waals surface area contributed by atoms with Crippen LogP contribution in [0.4, 0.5) is 0 Å². The highest BCUT2D eigenvalue weighted by Crippen LogP contribution is 2.10. The minimum absolute atomic E-state index is 0.0476. The number of hydrogen-bond acceptors (Lipinski definition) is 5. The fourth-order valence-corrected chi connectivity index (χ4v) is 2.59. The maximum Gasteiger partial charge on any atom is 0.332 e. The number of halogens is 1. The highest BCUT2D eigenvalue weighted by atomic mass is 35.5. The Morgan fingerprint density at radius 3 is 2.61 bits per heavy atom. The molecule has 0 saturated carbocycles. The number of imidazole rings is 1. The van der Waals surface area contributed by atoms with Crippen LogP contribution in [0.3, 0.4) is 0 Å². The largest absolute Gasteiger partial charge is 0.390 e. The molecule has 0 radical (unpaired) electrons. The van der Waals surface area contributed by atoms with Crippen LogP contribution < -0.4 is 16.8 Å². The third kappa shape index (κ3) is 2.20.